The summed E-state index contributed by atoms with van der Waals surface area (Å²) in [4.78, 5) is 42.0. The molecule has 244 valence electrons. The summed E-state index contributed by atoms with van der Waals surface area (Å²) in [5.41, 5.74) is -4.33. The highest BCUT2D eigenvalue weighted by Gasteiger charge is 2.90. The lowest BCUT2D eigenvalue weighted by Gasteiger charge is -2.65. The maximum absolute atomic E-state index is 15.2. The Morgan fingerprint density at radius 2 is 1.73 bits per heavy atom. The number of Topliss-reactive ketones (excluding diaryl/α,β-unsaturated/α-hetero) is 2. The molecule has 3 aliphatic carbocycles. The minimum absolute atomic E-state index is 0.0273. The Morgan fingerprint density at radius 1 is 1.07 bits per heavy atom. The number of ketones is 2. The Labute approximate surface area is 263 Å². The zero-order valence-electron chi connectivity index (χ0n) is 27.7. The average molecular weight is 625 g/mol. The Morgan fingerprint density at radius 3 is 2.31 bits per heavy atom. The van der Waals surface area contributed by atoms with E-state index in [0.717, 1.165) is 5.57 Å². The first-order valence-electron chi connectivity index (χ1n) is 15.6. The Balaban J connectivity index is 1.72. The SMILES string of the molecule is CO[C@@H]1[C@H]2C(=O)c3c(O)c(CC=C(C)C)c4c(c3O[C@@]23[C@H]2C[C@]1(OC)C(=O)[C@]3(CC=C(C)C(=O)O)OC2(C)C)C(C)(C)[C@@H](C)O4. The second-order valence-electron chi connectivity index (χ2n) is 14.7. The van der Waals surface area contributed by atoms with Gasteiger partial charge in [0.1, 0.15) is 35.0 Å². The van der Waals surface area contributed by atoms with E-state index in [1.165, 1.54) is 27.2 Å². The highest BCUT2D eigenvalue weighted by molar-refractivity contribution is 6.11. The molecule has 3 saturated carbocycles. The quantitative estimate of drug-likeness (QED) is 0.320. The van der Waals surface area contributed by atoms with Crippen LogP contribution in [0.3, 0.4) is 0 Å². The lowest BCUT2D eigenvalue weighted by atomic mass is 9.44. The van der Waals surface area contributed by atoms with Gasteiger partial charge in [-0.2, -0.15) is 0 Å². The van der Waals surface area contributed by atoms with Gasteiger partial charge in [-0.3, -0.25) is 9.59 Å². The molecule has 1 saturated heterocycles. The first-order chi connectivity index (χ1) is 20.9. The van der Waals surface area contributed by atoms with Crippen molar-refractivity contribution in [3.63, 3.8) is 0 Å². The summed E-state index contributed by atoms with van der Waals surface area (Å²) >= 11 is 0. The molecule has 10 nitrogen and oxygen atoms in total. The summed E-state index contributed by atoms with van der Waals surface area (Å²) in [5.74, 6) is -3.23. The molecule has 6 aliphatic rings. The van der Waals surface area contributed by atoms with Gasteiger partial charge >= 0.3 is 5.97 Å². The molecule has 45 heavy (non-hydrogen) atoms. The van der Waals surface area contributed by atoms with Crippen molar-refractivity contribution in [1.29, 1.82) is 0 Å². The number of phenolic OH excluding ortho intramolecular Hbond substituents is 1. The number of fused-ring (bicyclic) bond motifs is 3. The van der Waals surface area contributed by atoms with Gasteiger partial charge in [-0.1, -0.05) is 31.6 Å². The van der Waals surface area contributed by atoms with Crippen molar-refractivity contribution in [2.24, 2.45) is 11.8 Å². The van der Waals surface area contributed by atoms with Crippen LogP contribution in [0.4, 0.5) is 0 Å². The van der Waals surface area contributed by atoms with Crippen LogP contribution >= 0.6 is 0 Å². The van der Waals surface area contributed by atoms with Crippen molar-refractivity contribution in [2.45, 2.75) is 115 Å². The van der Waals surface area contributed by atoms with E-state index in [0.29, 0.717) is 23.3 Å². The minimum atomic E-state index is -1.79. The maximum atomic E-state index is 15.2. The monoisotopic (exact) mass is 624 g/mol. The van der Waals surface area contributed by atoms with Crippen LogP contribution in [-0.4, -0.2) is 76.6 Å². The van der Waals surface area contributed by atoms with Gasteiger partial charge in [0.15, 0.2) is 22.6 Å². The summed E-state index contributed by atoms with van der Waals surface area (Å²) in [6, 6.07) is 0. The molecule has 1 spiro atoms. The summed E-state index contributed by atoms with van der Waals surface area (Å²) in [5, 5.41) is 21.6. The lowest BCUT2D eigenvalue weighted by Crippen LogP contribution is -2.86. The van der Waals surface area contributed by atoms with Crippen LogP contribution in [0.1, 0.15) is 89.7 Å². The number of ether oxygens (including phenoxy) is 5. The average Bonchev–Trinajstić information content (AvgIpc) is 3.28. The fraction of sp³-hybridized carbons (Fsp3) is 0.629. The van der Waals surface area contributed by atoms with E-state index in [2.05, 4.69) is 0 Å². The molecule has 7 atom stereocenters. The number of hydrogen-bond acceptors (Lipinski definition) is 9. The Hall–Kier alpha value is -3.21. The summed E-state index contributed by atoms with van der Waals surface area (Å²) in [6.45, 7) is 15.0. The fourth-order valence-electron chi connectivity index (χ4n) is 8.95. The van der Waals surface area contributed by atoms with Crippen LogP contribution in [0.25, 0.3) is 0 Å². The number of carboxylic acid groups (broad SMARTS) is 1. The van der Waals surface area contributed by atoms with Crippen LogP contribution in [0.5, 0.6) is 17.2 Å². The maximum Gasteiger partial charge on any atom is 0.330 e. The van der Waals surface area contributed by atoms with E-state index in [4.69, 9.17) is 23.7 Å². The number of phenols is 1. The number of aromatic hydroxyl groups is 1. The van der Waals surface area contributed by atoms with Crippen LogP contribution in [0.2, 0.25) is 0 Å². The van der Waals surface area contributed by atoms with Gasteiger partial charge in [-0.05, 0) is 54.4 Å². The standard InChI is InChI=1S/C35H44O10/c1-16(2)11-12-19-24(36)21-25(37)22-28(41-9)33(42-10)15-20-32(7,8)45-34(30(33)40,14-13-17(3)29(38)39)35(20,22)44-27(21)23-26(19)43-18(4)31(23,5)6/h11,13,18,20,22,28,36H,12,14-15H2,1-10H3,(H,38,39)/t18-,20+,22-,28-,33-,34+,35+/m1/s1. The van der Waals surface area contributed by atoms with Crippen molar-refractivity contribution < 1.29 is 48.3 Å². The number of carboxylic acids is 1. The third-order valence-corrected chi connectivity index (χ3v) is 11.5. The number of rotatable bonds is 7. The predicted molar refractivity (Wildman–Crippen MR) is 163 cm³/mol. The molecule has 10 heteroatoms. The molecule has 1 aromatic carbocycles. The fourth-order valence-corrected chi connectivity index (χ4v) is 8.95. The largest absolute Gasteiger partial charge is 0.507 e. The second kappa shape index (κ2) is 9.65. The van der Waals surface area contributed by atoms with Crippen LogP contribution < -0.4 is 9.47 Å². The van der Waals surface area contributed by atoms with E-state index in [1.807, 2.05) is 54.5 Å². The molecule has 3 heterocycles. The van der Waals surface area contributed by atoms with E-state index in [9.17, 15) is 19.8 Å². The molecule has 0 unspecified atom stereocenters. The first-order valence-corrected chi connectivity index (χ1v) is 15.6. The number of methoxy groups -OCH3 is 2. The zero-order valence-corrected chi connectivity index (χ0v) is 27.7. The molecular formula is C35H44O10. The minimum Gasteiger partial charge on any atom is -0.507 e. The van der Waals surface area contributed by atoms with Gasteiger partial charge in [-0.25, -0.2) is 4.79 Å². The van der Waals surface area contributed by atoms with E-state index < -0.39 is 63.3 Å². The smallest absolute Gasteiger partial charge is 0.330 e. The van der Waals surface area contributed by atoms with Gasteiger partial charge in [-0.15, -0.1) is 0 Å². The molecule has 0 aromatic heterocycles. The van der Waals surface area contributed by atoms with Crippen LogP contribution in [0.15, 0.2) is 23.3 Å². The number of benzene rings is 1. The van der Waals surface area contributed by atoms with Crippen LogP contribution in [0, 0.1) is 11.8 Å². The van der Waals surface area contributed by atoms with Crippen molar-refractivity contribution >= 4 is 17.5 Å². The summed E-state index contributed by atoms with van der Waals surface area (Å²) in [7, 11) is 2.86. The molecule has 4 bridgehead atoms. The van der Waals surface area contributed by atoms with Crippen molar-refractivity contribution in [1.82, 2.24) is 0 Å². The normalized spacial score (nSPS) is 36.5. The van der Waals surface area contributed by atoms with E-state index >= 15 is 4.79 Å². The highest BCUT2D eigenvalue weighted by atomic mass is 16.6. The predicted octanol–water partition coefficient (Wildman–Crippen LogP) is 4.86. The molecule has 2 N–H and O–H groups in total. The number of hydrogen-bond donors (Lipinski definition) is 2. The second-order valence-corrected chi connectivity index (χ2v) is 14.7. The number of allylic oxidation sites excluding steroid dienone is 2. The van der Waals surface area contributed by atoms with E-state index in [1.54, 1.807) is 0 Å². The zero-order chi connectivity index (χ0) is 33.2. The molecule has 7 rings (SSSR count). The third-order valence-electron chi connectivity index (χ3n) is 11.5. The third kappa shape index (κ3) is 3.64. The molecule has 0 amide bonds. The number of aliphatic carboxylic acids is 1. The van der Waals surface area contributed by atoms with Gasteiger partial charge in [0.05, 0.1) is 11.5 Å². The van der Waals surface area contributed by atoms with Crippen molar-refractivity contribution in [3.8, 4) is 17.2 Å². The van der Waals surface area contributed by atoms with Gasteiger partial charge < -0.3 is 33.9 Å². The van der Waals surface area contributed by atoms with Crippen LogP contribution in [-0.2, 0) is 35.6 Å². The molecule has 4 fully saturated rings. The molecule has 0 radical (unpaired) electrons. The molecule has 3 aliphatic heterocycles. The topological polar surface area (TPSA) is 138 Å². The van der Waals surface area contributed by atoms with Gasteiger partial charge in [0, 0.05) is 48.7 Å². The van der Waals surface area contributed by atoms with Gasteiger partial charge in [0.2, 0.25) is 5.78 Å². The molecular weight excluding hydrogens is 580 g/mol. The van der Waals surface area contributed by atoms with Crippen molar-refractivity contribution in [3.05, 3.63) is 40.0 Å². The first kappa shape index (κ1) is 31.8. The van der Waals surface area contributed by atoms with E-state index in [-0.39, 0.29) is 41.6 Å². The Kier molecular flexibility index (Phi) is 6.81. The Bertz CT molecular complexity index is 1600. The summed E-state index contributed by atoms with van der Waals surface area (Å²) < 4.78 is 32.5. The van der Waals surface area contributed by atoms with Gasteiger partial charge in [0.25, 0.3) is 0 Å². The highest BCUT2D eigenvalue weighted by Crippen LogP contribution is 2.72. The summed E-state index contributed by atoms with van der Waals surface area (Å²) in [6.07, 6.45) is 2.40. The lowest BCUT2D eigenvalue weighted by molar-refractivity contribution is -0.267. The number of carbonyl (C=O) groups excluding carboxylic acids is 2. The number of carbonyl (C=O) groups is 3. The molecule has 1 aromatic rings. The van der Waals surface area contributed by atoms with Crippen molar-refractivity contribution in [2.75, 3.05) is 14.2 Å².